The minimum absolute atomic E-state index is 0.0417. The van der Waals surface area contributed by atoms with Crippen molar-refractivity contribution in [3.63, 3.8) is 0 Å². The smallest absolute Gasteiger partial charge is 0.0645 e. The molecule has 0 saturated carbocycles. The first-order chi connectivity index (χ1) is 7.72. The molecule has 0 amide bonds. The molecule has 17 heavy (non-hydrogen) atoms. The summed E-state index contributed by atoms with van der Waals surface area (Å²) >= 11 is 0. The Morgan fingerprint density at radius 1 is 1.18 bits per heavy atom. The minimum Gasteiger partial charge on any atom is -0.379 e. The van der Waals surface area contributed by atoms with Gasteiger partial charge in [0.1, 0.15) is 0 Å². The van der Waals surface area contributed by atoms with Crippen LogP contribution in [-0.2, 0) is 4.74 Å². The van der Waals surface area contributed by atoms with E-state index in [1.54, 1.807) is 7.11 Å². The van der Waals surface area contributed by atoms with Crippen LogP contribution in [0, 0.1) is 11.8 Å². The maximum atomic E-state index is 5.20. The summed E-state index contributed by atoms with van der Waals surface area (Å²) in [6, 6.07) is 0.866. The van der Waals surface area contributed by atoms with Crippen LogP contribution in [0.15, 0.2) is 0 Å². The van der Waals surface area contributed by atoms with Crippen LogP contribution in [0.4, 0.5) is 0 Å². The Morgan fingerprint density at radius 3 is 1.82 bits per heavy atom. The average Bonchev–Trinajstić information content (AvgIpc) is 2.65. The zero-order chi connectivity index (χ0) is 13.6. The maximum Gasteiger partial charge on any atom is 0.0645 e. The molecule has 1 unspecified atom stereocenters. The Bertz CT molecular complexity index is 199. The van der Waals surface area contributed by atoms with E-state index in [9.17, 15) is 0 Å². The lowest BCUT2D eigenvalue weighted by atomic mass is 9.95. The molecule has 0 aromatic heterocycles. The fourth-order valence-electron chi connectivity index (χ4n) is 2.01. The monoisotopic (exact) mass is 243 g/mol. The number of hydrogen-bond donors (Lipinski definition) is 0. The third-order valence-corrected chi connectivity index (χ3v) is 4.26. The topological polar surface area (TPSA) is 12.5 Å². The number of rotatable bonds is 3. The number of ether oxygens (including phenoxy) is 1. The van der Waals surface area contributed by atoms with E-state index in [0.29, 0.717) is 5.92 Å². The lowest BCUT2D eigenvalue weighted by Gasteiger charge is -2.26. The predicted molar refractivity (Wildman–Crippen MR) is 76.4 cm³/mol. The number of methoxy groups -OCH3 is 1. The summed E-state index contributed by atoms with van der Waals surface area (Å²) in [5.41, 5.74) is 0.0417. The zero-order valence-electron chi connectivity index (χ0n) is 13.2. The molecule has 0 aromatic carbocycles. The van der Waals surface area contributed by atoms with Crippen LogP contribution in [0.25, 0.3) is 0 Å². The summed E-state index contributed by atoms with van der Waals surface area (Å²) in [6.45, 7) is 14.4. The van der Waals surface area contributed by atoms with Crippen molar-refractivity contribution in [1.29, 1.82) is 0 Å². The van der Waals surface area contributed by atoms with Crippen molar-refractivity contribution < 1.29 is 4.74 Å². The van der Waals surface area contributed by atoms with E-state index in [1.165, 1.54) is 19.4 Å². The zero-order valence-corrected chi connectivity index (χ0v) is 13.2. The van der Waals surface area contributed by atoms with Gasteiger partial charge in [0.15, 0.2) is 0 Å². The van der Waals surface area contributed by atoms with E-state index < -0.39 is 0 Å². The highest BCUT2D eigenvalue weighted by Crippen LogP contribution is 2.21. The minimum atomic E-state index is 0.0417. The van der Waals surface area contributed by atoms with Crippen LogP contribution >= 0.6 is 0 Å². The summed E-state index contributed by atoms with van der Waals surface area (Å²) in [7, 11) is 3.98. The van der Waals surface area contributed by atoms with E-state index in [-0.39, 0.29) is 5.60 Å². The first kappa shape index (κ1) is 16.9. The van der Waals surface area contributed by atoms with E-state index >= 15 is 0 Å². The van der Waals surface area contributed by atoms with Crippen LogP contribution in [0.5, 0.6) is 0 Å². The number of hydrogen-bond acceptors (Lipinski definition) is 2. The largest absolute Gasteiger partial charge is 0.379 e. The molecule has 1 aliphatic rings. The van der Waals surface area contributed by atoms with Gasteiger partial charge < -0.3 is 9.64 Å². The average molecular weight is 243 g/mol. The second-order valence-electron chi connectivity index (χ2n) is 6.40. The van der Waals surface area contributed by atoms with Gasteiger partial charge in [-0.3, -0.25) is 0 Å². The molecule has 104 valence electrons. The molecule has 0 spiro atoms. The van der Waals surface area contributed by atoms with Crippen molar-refractivity contribution in [1.82, 2.24) is 4.90 Å². The van der Waals surface area contributed by atoms with Gasteiger partial charge >= 0.3 is 0 Å². The molecule has 1 fully saturated rings. The van der Waals surface area contributed by atoms with Gasteiger partial charge in [-0.2, -0.15) is 0 Å². The van der Waals surface area contributed by atoms with Crippen molar-refractivity contribution in [2.75, 3.05) is 20.7 Å². The molecule has 2 nitrogen and oxygen atoms in total. The number of likely N-dealkylation sites (tertiary alicyclic amines) is 1. The van der Waals surface area contributed by atoms with Gasteiger partial charge in [0.05, 0.1) is 5.60 Å². The maximum absolute atomic E-state index is 5.20. The van der Waals surface area contributed by atoms with Gasteiger partial charge in [-0.1, -0.05) is 27.7 Å². The molecule has 0 radical (unpaired) electrons. The molecule has 0 aliphatic carbocycles. The second-order valence-corrected chi connectivity index (χ2v) is 6.40. The quantitative estimate of drug-likeness (QED) is 0.747. The second kappa shape index (κ2) is 7.38. The molecule has 1 aliphatic heterocycles. The summed E-state index contributed by atoms with van der Waals surface area (Å²) in [5, 5.41) is 0. The first-order valence-electron chi connectivity index (χ1n) is 6.97. The lowest BCUT2D eigenvalue weighted by molar-refractivity contribution is -0.0156. The van der Waals surface area contributed by atoms with Crippen molar-refractivity contribution in [2.24, 2.45) is 11.8 Å². The molecule has 1 saturated heterocycles. The van der Waals surface area contributed by atoms with Crippen molar-refractivity contribution in [2.45, 2.75) is 66.0 Å². The Kier molecular flexibility index (Phi) is 7.34. The van der Waals surface area contributed by atoms with Crippen molar-refractivity contribution in [3.05, 3.63) is 0 Å². The molecule has 0 aromatic rings. The van der Waals surface area contributed by atoms with E-state index in [4.69, 9.17) is 4.74 Å². The lowest BCUT2D eigenvalue weighted by Crippen LogP contribution is -2.29. The molecule has 1 heterocycles. The summed E-state index contributed by atoms with van der Waals surface area (Å²) in [5.74, 6) is 1.44. The van der Waals surface area contributed by atoms with Gasteiger partial charge in [-0.15, -0.1) is 0 Å². The fourth-order valence-corrected chi connectivity index (χ4v) is 2.01. The van der Waals surface area contributed by atoms with Crippen LogP contribution in [0.3, 0.4) is 0 Å². The van der Waals surface area contributed by atoms with E-state index in [0.717, 1.165) is 12.0 Å². The normalized spacial score (nSPS) is 21.9. The Balaban J connectivity index is 0.000000304. The Hall–Kier alpha value is -0.0800. The van der Waals surface area contributed by atoms with Gasteiger partial charge in [-0.05, 0) is 52.1 Å². The summed E-state index contributed by atoms with van der Waals surface area (Å²) in [6.07, 6.45) is 2.81. The third-order valence-electron chi connectivity index (χ3n) is 4.26. The van der Waals surface area contributed by atoms with E-state index in [2.05, 4.69) is 53.5 Å². The van der Waals surface area contributed by atoms with Crippen molar-refractivity contribution in [3.8, 4) is 0 Å². The van der Waals surface area contributed by atoms with Crippen LogP contribution in [0.1, 0.15) is 54.4 Å². The van der Waals surface area contributed by atoms with Gasteiger partial charge in [0, 0.05) is 13.2 Å². The highest BCUT2D eigenvalue weighted by Gasteiger charge is 2.23. The van der Waals surface area contributed by atoms with Crippen LogP contribution in [-0.4, -0.2) is 37.2 Å². The molecule has 1 atom stereocenters. The Labute approximate surface area is 109 Å². The molecule has 0 N–H and O–H groups in total. The molecule has 2 heteroatoms. The molecule has 0 bridgehead atoms. The highest BCUT2D eigenvalue weighted by atomic mass is 16.5. The van der Waals surface area contributed by atoms with E-state index in [1.807, 2.05) is 0 Å². The molecule has 1 rings (SSSR count). The molecular weight excluding hydrogens is 210 g/mol. The van der Waals surface area contributed by atoms with Gasteiger partial charge in [0.25, 0.3) is 0 Å². The van der Waals surface area contributed by atoms with Crippen LogP contribution < -0.4 is 0 Å². The van der Waals surface area contributed by atoms with Crippen molar-refractivity contribution >= 4 is 0 Å². The van der Waals surface area contributed by atoms with Gasteiger partial charge in [0.2, 0.25) is 0 Å². The standard InChI is InChI=1S/C8H17N.C7H16O/c1-7(2)8-5-4-6-9(8)3;1-6(2)7(3,4)8-5/h7-8H,4-6H2,1-3H3;6H,1-5H3. The summed E-state index contributed by atoms with van der Waals surface area (Å²) < 4.78 is 5.20. The SMILES string of the molecule is CC(C)C1CCCN1C.COC(C)(C)C(C)C. The number of nitrogens with zero attached hydrogens (tertiary/aromatic N) is 1. The van der Waals surface area contributed by atoms with Crippen LogP contribution in [0.2, 0.25) is 0 Å². The van der Waals surface area contributed by atoms with Gasteiger partial charge in [-0.25, -0.2) is 0 Å². The predicted octanol–water partition coefficient (Wildman–Crippen LogP) is 3.80. The first-order valence-corrected chi connectivity index (χ1v) is 6.97. The molecular formula is C15H33NO. The third kappa shape index (κ3) is 5.87. The summed E-state index contributed by atoms with van der Waals surface area (Å²) in [4.78, 5) is 2.48. The Morgan fingerprint density at radius 2 is 1.71 bits per heavy atom. The fraction of sp³-hybridized carbons (Fsp3) is 1.00. The highest BCUT2D eigenvalue weighted by molar-refractivity contribution is 4.78.